The highest BCUT2D eigenvalue weighted by molar-refractivity contribution is 6.25. The minimum Gasteiger partial charge on any atom is -0.510 e. The Morgan fingerprint density at radius 3 is 2.41 bits per heavy atom. The Morgan fingerprint density at radius 1 is 1.16 bits per heavy atom. The van der Waals surface area contributed by atoms with Crippen LogP contribution in [-0.4, -0.2) is 78.5 Å². The third-order valence-corrected chi connectivity index (χ3v) is 7.56. The van der Waals surface area contributed by atoms with Crippen molar-refractivity contribution in [2.24, 2.45) is 17.6 Å². The van der Waals surface area contributed by atoms with Crippen molar-refractivity contribution < 1.29 is 34.8 Å². The van der Waals surface area contributed by atoms with Crippen LogP contribution in [0.4, 0.5) is 5.69 Å². The van der Waals surface area contributed by atoms with Crippen LogP contribution in [0.5, 0.6) is 5.75 Å². The number of primary amides is 1. The van der Waals surface area contributed by atoms with Gasteiger partial charge in [0, 0.05) is 29.4 Å². The number of aromatic nitrogens is 2. The monoisotopic (exact) mass is 507 g/mol. The van der Waals surface area contributed by atoms with Gasteiger partial charge in [0.15, 0.2) is 17.2 Å². The molecule has 1 heterocycles. The highest BCUT2D eigenvalue weighted by Crippen LogP contribution is 2.53. The van der Waals surface area contributed by atoms with E-state index in [0.717, 1.165) is 0 Å². The molecule has 3 aliphatic rings. The molecule has 37 heavy (non-hydrogen) atoms. The fraction of sp³-hybridized carbons (Fsp3) is 0.320. The van der Waals surface area contributed by atoms with Gasteiger partial charge in [-0.2, -0.15) is 0 Å². The van der Waals surface area contributed by atoms with E-state index in [9.17, 15) is 34.8 Å². The van der Waals surface area contributed by atoms with Crippen molar-refractivity contribution in [3.05, 3.63) is 58.3 Å². The zero-order valence-corrected chi connectivity index (χ0v) is 20.0. The number of carbonyl (C=O) groups is 3. The van der Waals surface area contributed by atoms with Crippen molar-refractivity contribution in [2.75, 3.05) is 19.8 Å². The number of allylic oxidation sites excluding steroid dienone is 1. The van der Waals surface area contributed by atoms with Crippen molar-refractivity contribution in [3.63, 3.8) is 0 Å². The maximum atomic E-state index is 13.8. The van der Waals surface area contributed by atoms with E-state index in [-0.39, 0.29) is 35.5 Å². The standard InChI is InChI=1S/C25H25N5O7/c1-30(2)17-12-7-9-6-10-11(24-28-4-3-5-29-24)8-13(26)18(31)15(10)19(32)14(9)21(34)25(12,37)22(35)16(20(17)33)23(27)36/h3-5,8-9,12,17,31,33-34,37H,6-7,26H2,1-2H3,(H2,27,36)/t9-,12-,17-,25-/m0/s1. The van der Waals surface area contributed by atoms with Gasteiger partial charge in [0.2, 0.25) is 5.78 Å². The smallest absolute Gasteiger partial charge is 0.255 e. The number of fused-ring (bicyclic) bond motifs is 3. The second-order valence-electron chi connectivity index (χ2n) is 9.75. The van der Waals surface area contributed by atoms with Crippen molar-refractivity contribution in [1.29, 1.82) is 0 Å². The number of amides is 1. The highest BCUT2D eigenvalue weighted by Gasteiger charge is 2.63. The molecular formula is C25H25N5O7. The number of ketones is 2. The minimum atomic E-state index is -2.70. The number of likely N-dealkylation sites (N-methyl/N-ethyl adjacent to an activating group) is 1. The maximum Gasteiger partial charge on any atom is 0.255 e. The first kappa shape index (κ1) is 24.4. The lowest BCUT2D eigenvalue weighted by molar-refractivity contribution is -0.148. The molecule has 4 atom stereocenters. The maximum absolute atomic E-state index is 13.8. The van der Waals surface area contributed by atoms with Gasteiger partial charge in [-0.15, -0.1) is 0 Å². The molecule has 1 aromatic carbocycles. The van der Waals surface area contributed by atoms with Crippen LogP contribution in [0.15, 0.2) is 47.2 Å². The number of phenolic OH excluding ortho intramolecular Hbond substituents is 1. The van der Waals surface area contributed by atoms with E-state index in [1.165, 1.54) is 23.4 Å². The predicted molar refractivity (Wildman–Crippen MR) is 129 cm³/mol. The molecule has 3 aliphatic carbocycles. The largest absolute Gasteiger partial charge is 0.510 e. The Hall–Kier alpha value is -4.29. The van der Waals surface area contributed by atoms with Crippen LogP contribution in [0.2, 0.25) is 0 Å². The number of nitrogens with two attached hydrogens (primary N) is 2. The van der Waals surface area contributed by atoms with Gasteiger partial charge >= 0.3 is 0 Å². The van der Waals surface area contributed by atoms with Crippen LogP contribution < -0.4 is 11.5 Å². The van der Waals surface area contributed by atoms with Crippen molar-refractivity contribution in [2.45, 2.75) is 24.5 Å². The lowest BCUT2D eigenvalue weighted by Gasteiger charge is -2.50. The van der Waals surface area contributed by atoms with Gasteiger partial charge in [0.1, 0.15) is 22.8 Å². The molecule has 1 aromatic heterocycles. The lowest BCUT2D eigenvalue weighted by atomic mass is 9.58. The SMILES string of the molecule is CN(C)[C@@H]1C(O)=C(C(N)=O)C(=O)[C@@]2(O)C(O)=C3C(=O)c4c(O)c(N)cc(-c5ncccn5)c4C[C@H]3C[C@@H]12. The molecule has 0 unspecified atom stereocenters. The van der Waals surface area contributed by atoms with E-state index < -0.39 is 63.8 Å². The minimum absolute atomic E-state index is 0.0218. The van der Waals surface area contributed by atoms with Crippen LogP contribution in [-0.2, 0) is 16.0 Å². The summed E-state index contributed by atoms with van der Waals surface area (Å²) in [5, 5.41) is 44.5. The molecule has 1 amide bonds. The Labute approximate surface area is 210 Å². The molecule has 0 spiro atoms. The first-order valence-electron chi connectivity index (χ1n) is 11.5. The summed E-state index contributed by atoms with van der Waals surface area (Å²) in [5.41, 5.74) is 8.01. The molecule has 0 bridgehead atoms. The van der Waals surface area contributed by atoms with Gasteiger partial charge in [-0.3, -0.25) is 19.3 Å². The third kappa shape index (κ3) is 3.19. The van der Waals surface area contributed by atoms with E-state index in [2.05, 4.69) is 9.97 Å². The Kier molecular flexibility index (Phi) is 5.35. The second kappa shape index (κ2) is 8.11. The van der Waals surface area contributed by atoms with Gasteiger partial charge in [-0.1, -0.05) is 0 Å². The highest BCUT2D eigenvalue weighted by atomic mass is 16.3. The number of rotatable bonds is 3. The van der Waals surface area contributed by atoms with Crippen LogP contribution in [0.1, 0.15) is 22.3 Å². The Morgan fingerprint density at radius 2 is 1.81 bits per heavy atom. The van der Waals surface area contributed by atoms with Crippen molar-refractivity contribution in [1.82, 2.24) is 14.9 Å². The summed E-state index contributed by atoms with van der Waals surface area (Å²) < 4.78 is 0. The second-order valence-corrected chi connectivity index (χ2v) is 9.75. The number of aliphatic hydroxyl groups is 3. The number of aliphatic hydroxyl groups excluding tert-OH is 2. The number of hydrogen-bond acceptors (Lipinski definition) is 11. The fourth-order valence-electron chi connectivity index (χ4n) is 5.98. The van der Waals surface area contributed by atoms with Crippen molar-refractivity contribution in [3.8, 4) is 17.1 Å². The number of anilines is 1. The van der Waals surface area contributed by atoms with E-state index in [1.807, 2.05) is 0 Å². The molecule has 0 saturated heterocycles. The van der Waals surface area contributed by atoms with Gasteiger partial charge in [0.05, 0.1) is 17.3 Å². The normalized spacial score (nSPS) is 27.2. The molecule has 5 rings (SSSR count). The molecule has 0 radical (unpaired) electrons. The first-order chi connectivity index (χ1) is 17.4. The first-order valence-corrected chi connectivity index (χ1v) is 11.5. The van der Waals surface area contributed by atoms with E-state index >= 15 is 0 Å². The van der Waals surface area contributed by atoms with Crippen LogP contribution in [0.3, 0.4) is 0 Å². The average molecular weight is 508 g/mol. The number of aromatic hydroxyl groups is 1. The van der Waals surface area contributed by atoms with Gasteiger partial charge < -0.3 is 31.9 Å². The zero-order chi connectivity index (χ0) is 27.0. The van der Waals surface area contributed by atoms with Gasteiger partial charge in [0.25, 0.3) is 5.91 Å². The Balaban J connectivity index is 1.76. The summed E-state index contributed by atoms with van der Waals surface area (Å²) in [7, 11) is 3.14. The number of benzene rings is 1. The van der Waals surface area contributed by atoms with E-state index in [4.69, 9.17) is 11.5 Å². The number of carbonyl (C=O) groups excluding carboxylic acids is 3. The predicted octanol–water partition coefficient (Wildman–Crippen LogP) is 0.160. The summed E-state index contributed by atoms with van der Waals surface area (Å²) in [6.45, 7) is 0. The molecule has 12 heteroatoms. The summed E-state index contributed by atoms with van der Waals surface area (Å²) in [5.74, 6) is -7.03. The number of nitrogen functional groups attached to an aromatic ring is 1. The summed E-state index contributed by atoms with van der Waals surface area (Å²) in [4.78, 5) is 49.1. The quantitative estimate of drug-likeness (QED) is 0.187. The number of Topliss-reactive ketones (excluding diaryl/α,β-unsaturated/α-hetero) is 2. The average Bonchev–Trinajstić information content (AvgIpc) is 2.83. The number of nitrogens with zero attached hydrogens (tertiary/aromatic N) is 3. The van der Waals surface area contributed by atoms with Crippen LogP contribution >= 0.6 is 0 Å². The molecule has 0 aliphatic heterocycles. The summed E-state index contributed by atoms with van der Waals surface area (Å²) >= 11 is 0. The molecule has 0 saturated carbocycles. The van der Waals surface area contributed by atoms with Crippen LogP contribution in [0, 0.1) is 11.8 Å². The fourth-order valence-corrected chi connectivity index (χ4v) is 5.98. The number of hydrogen-bond donors (Lipinski definition) is 6. The Bertz CT molecular complexity index is 1450. The topological polar surface area (TPSA) is 213 Å². The van der Waals surface area contributed by atoms with Crippen molar-refractivity contribution >= 4 is 23.2 Å². The van der Waals surface area contributed by atoms with E-state index in [0.29, 0.717) is 11.1 Å². The molecule has 192 valence electrons. The summed E-state index contributed by atoms with van der Waals surface area (Å²) in [6.07, 6.45) is 3.12. The number of phenols is 1. The lowest BCUT2D eigenvalue weighted by Crippen LogP contribution is -2.63. The van der Waals surface area contributed by atoms with E-state index in [1.54, 1.807) is 20.2 Å². The molecule has 12 nitrogen and oxygen atoms in total. The third-order valence-electron chi connectivity index (χ3n) is 7.56. The van der Waals surface area contributed by atoms with Crippen LogP contribution in [0.25, 0.3) is 11.4 Å². The molecular weight excluding hydrogens is 482 g/mol. The summed E-state index contributed by atoms with van der Waals surface area (Å²) in [6, 6.07) is 2.01. The van der Waals surface area contributed by atoms with Gasteiger partial charge in [-0.05, 0) is 50.6 Å². The molecule has 0 fully saturated rings. The zero-order valence-electron chi connectivity index (χ0n) is 20.0. The van der Waals surface area contributed by atoms with Gasteiger partial charge in [-0.25, -0.2) is 9.97 Å². The molecule has 8 N–H and O–H groups in total. The molecule has 2 aromatic rings.